The molecule has 0 bridgehead atoms. The van der Waals surface area contributed by atoms with Gasteiger partial charge in [-0.2, -0.15) is 0 Å². The smallest absolute Gasteiger partial charge is 0.260 e. The van der Waals surface area contributed by atoms with E-state index in [4.69, 9.17) is 9.47 Å². The van der Waals surface area contributed by atoms with Crippen molar-refractivity contribution in [3.8, 4) is 11.5 Å². The Morgan fingerprint density at radius 3 is 2.54 bits per heavy atom. The van der Waals surface area contributed by atoms with Crippen molar-refractivity contribution in [1.29, 1.82) is 0 Å². The van der Waals surface area contributed by atoms with Crippen molar-refractivity contribution in [3.63, 3.8) is 0 Å². The van der Waals surface area contributed by atoms with E-state index in [0.717, 1.165) is 16.9 Å². The second-order valence-corrected chi connectivity index (χ2v) is 5.96. The lowest BCUT2D eigenvalue weighted by molar-refractivity contribution is -0.127. The predicted octanol–water partition coefficient (Wildman–Crippen LogP) is 3.57. The minimum Gasteiger partial charge on any atom is -0.492 e. The fraction of sp³-hybridized carbons (Fsp3) is 0.350. The summed E-state index contributed by atoms with van der Waals surface area (Å²) in [5.74, 6) is 1.36. The summed E-state index contributed by atoms with van der Waals surface area (Å²) in [4.78, 5) is 12.1. The van der Waals surface area contributed by atoms with Gasteiger partial charge in [0.25, 0.3) is 5.91 Å². The van der Waals surface area contributed by atoms with Gasteiger partial charge in [-0.3, -0.25) is 4.79 Å². The normalized spacial score (nSPS) is 11.7. The van der Waals surface area contributed by atoms with Gasteiger partial charge in [0.15, 0.2) is 6.10 Å². The van der Waals surface area contributed by atoms with E-state index in [0.29, 0.717) is 18.9 Å². The molecule has 1 atom stereocenters. The average Bonchev–Trinajstić information content (AvgIpc) is 2.55. The second-order valence-electron chi connectivity index (χ2n) is 5.96. The molecule has 0 aliphatic rings. The lowest BCUT2D eigenvalue weighted by Crippen LogP contribution is -2.38. The zero-order valence-corrected chi connectivity index (χ0v) is 14.8. The Labute approximate surface area is 143 Å². The first kappa shape index (κ1) is 17.9. The first-order chi connectivity index (χ1) is 11.5. The van der Waals surface area contributed by atoms with E-state index in [-0.39, 0.29) is 5.91 Å². The molecule has 0 heterocycles. The van der Waals surface area contributed by atoms with Gasteiger partial charge >= 0.3 is 0 Å². The number of benzene rings is 2. The van der Waals surface area contributed by atoms with Gasteiger partial charge in [0.2, 0.25) is 0 Å². The summed E-state index contributed by atoms with van der Waals surface area (Å²) in [6.45, 7) is 8.68. The van der Waals surface area contributed by atoms with E-state index in [1.807, 2.05) is 63.2 Å². The predicted molar refractivity (Wildman–Crippen MR) is 95.7 cm³/mol. The Morgan fingerprint density at radius 2 is 1.83 bits per heavy atom. The monoisotopic (exact) mass is 327 g/mol. The molecule has 1 N–H and O–H groups in total. The number of nitrogens with one attached hydrogen (secondary N) is 1. The van der Waals surface area contributed by atoms with Crippen LogP contribution in [-0.2, 0) is 4.79 Å². The maximum absolute atomic E-state index is 12.1. The van der Waals surface area contributed by atoms with Gasteiger partial charge in [0, 0.05) is 0 Å². The molecule has 0 spiro atoms. The van der Waals surface area contributed by atoms with Crippen LogP contribution in [0.15, 0.2) is 42.5 Å². The van der Waals surface area contributed by atoms with E-state index >= 15 is 0 Å². The van der Waals surface area contributed by atoms with Crippen LogP contribution in [0.1, 0.15) is 23.6 Å². The summed E-state index contributed by atoms with van der Waals surface area (Å²) in [6.07, 6.45) is -0.550. The number of rotatable bonds is 7. The molecule has 0 radical (unpaired) electrons. The van der Waals surface area contributed by atoms with Crippen molar-refractivity contribution in [2.75, 3.05) is 13.2 Å². The molecular formula is C20H25NO3. The number of hydrogen-bond acceptors (Lipinski definition) is 3. The molecule has 128 valence electrons. The third kappa shape index (κ3) is 5.30. The molecule has 4 heteroatoms. The van der Waals surface area contributed by atoms with Gasteiger partial charge < -0.3 is 14.8 Å². The maximum Gasteiger partial charge on any atom is 0.260 e. The van der Waals surface area contributed by atoms with Crippen LogP contribution >= 0.6 is 0 Å². The lowest BCUT2D eigenvalue weighted by atomic mass is 10.1. The maximum atomic E-state index is 12.1. The fourth-order valence-electron chi connectivity index (χ4n) is 2.24. The molecule has 0 saturated carbocycles. The molecule has 0 aliphatic carbocycles. The van der Waals surface area contributed by atoms with Crippen LogP contribution in [0.25, 0.3) is 0 Å². The molecule has 2 aromatic rings. The first-order valence-electron chi connectivity index (χ1n) is 8.17. The van der Waals surface area contributed by atoms with Crippen LogP contribution in [0.4, 0.5) is 0 Å². The number of hydrogen-bond donors (Lipinski definition) is 1. The molecule has 4 nitrogen and oxygen atoms in total. The van der Waals surface area contributed by atoms with Crippen molar-refractivity contribution in [2.45, 2.75) is 33.8 Å². The van der Waals surface area contributed by atoms with E-state index in [2.05, 4.69) is 5.32 Å². The van der Waals surface area contributed by atoms with Gasteiger partial charge in [-0.15, -0.1) is 0 Å². The zero-order chi connectivity index (χ0) is 17.5. The number of amides is 1. The highest BCUT2D eigenvalue weighted by molar-refractivity contribution is 5.80. The van der Waals surface area contributed by atoms with Gasteiger partial charge in [0.1, 0.15) is 18.1 Å². The van der Waals surface area contributed by atoms with Crippen molar-refractivity contribution < 1.29 is 14.3 Å². The Morgan fingerprint density at radius 1 is 1.04 bits per heavy atom. The molecule has 1 amide bonds. The van der Waals surface area contributed by atoms with Gasteiger partial charge in [-0.25, -0.2) is 0 Å². The van der Waals surface area contributed by atoms with E-state index in [9.17, 15) is 4.79 Å². The van der Waals surface area contributed by atoms with Crippen LogP contribution in [0.3, 0.4) is 0 Å². The zero-order valence-electron chi connectivity index (χ0n) is 14.8. The molecule has 0 fully saturated rings. The third-order valence-electron chi connectivity index (χ3n) is 3.82. The minimum atomic E-state index is -0.550. The summed E-state index contributed by atoms with van der Waals surface area (Å²) >= 11 is 0. The van der Waals surface area contributed by atoms with Crippen LogP contribution in [-0.4, -0.2) is 25.2 Å². The number of carbonyl (C=O) groups is 1. The third-order valence-corrected chi connectivity index (χ3v) is 3.82. The van der Waals surface area contributed by atoms with Crippen molar-refractivity contribution in [1.82, 2.24) is 5.32 Å². The van der Waals surface area contributed by atoms with Crippen LogP contribution in [0.2, 0.25) is 0 Å². The van der Waals surface area contributed by atoms with Crippen LogP contribution < -0.4 is 14.8 Å². The summed E-state index contributed by atoms with van der Waals surface area (Å²) < 4.78 is 11.3. The highest BCUT2D eigenvalue weighted by Crippen LogP contribution is 2.17. The van der Waals surface area contributed by atoms with Crippen molar-refractivity contribution in [2.24, 2.45) is 0 Å². The Hall–Kier alpha value is -2.49. The van der Waals surface area contributed by atoms with Gasteiger partial charge in [0.05, 0.1) is 6.54 Å². The summed E-state index contributed by atoms with van der Waals surface area (Å²) in [7, 11) is 0. The topological polar surface area (TPSA) is 47.6 Å². The quantitative estimate of drug-likeness (QED) is 0.791. The Bertz CT molecular complexity index is 697. The largest absolute Gasteiger partial charge is 0.492 e. The number of ether oxygens (including phenoxy) is 2. The van der Waals surface area contributed by atoms with E-state index < -0.39 is 6.10 Å². The SMILES string of the molecule is Cc1cccc(OCCNC(=O)[C@H](C)Oc2ccc(C)c(C)c2)c1. The van der Waals surface area contributed by atoms with Crippen molar-refractivity contribution in [3.05, 3.63) is 59.2 Å². The minimum absolute atomic E-state index is 0.152. The fourth-order valence-corrected chi connectivity index (χ4v) is 2.24. The number of aryl methyl sites for hydroxylation is 3. The summed E-state index contributed by atoms with van der Waals surface area (Å²) in [5.41, 5.74) is 3.49. The lowest BCUT2D eigenvalue weighted by Gasteiger charge is -2.16. The average molecular weight is 327 g/mol. The molecule has 0 aliphatic heterocycles. The highest BCUT2D eigenvalue weighted by Gasteiger charge is 2.14. The van der Waals surface area contributed by atoms with Gasteiger partial charge in [-0.05, 0) is 68.7 Å². The standard InChI is InChI=1S/C20H25NO3/c1-14-6-5-7-18(12-14)23-11-10-21-20(22)17(4)24-19-9-8-15(2)16(3)13-19/h5-9,12-13,17H,10-11H2,1-4H3,(H,21,22)/t17-/m0/s1. The second kappa shape index (κ2) is 8.39. The highest BCUT2D eigenvalue weighted by atomic mass is 16.5. The van der Waals surface area contributed by atoms with E-state index in [1.165, 1.54) is 5.56 Å². The molecule has 24 heavy (non-hydrogen) atoms. The van der Waals surface area contributed by atoms with E-state index in [1.54, 1.807) is 6.92 Å². The molecule has 2 rings (SSSR count). The van der Waals surface area contributed by atoms with Gasteiger partial charge in [-0.1, -0.05) is 18.2 Å². The van der Waals surface area contributed by atoms with Crippen LogP contribution in [0, 0.1) is 20.8 Å². The summed E-state index contributed by atoms with van der Waals surface area (Å²) in [5, 5.41) is 2.82. The Balaban J connectivity index is 1.74. The number of carbonyl (C=O) groups excluding carboxylic acids is 1. The molecule has 0 saturated heterocycles. The Kier molecular flexibility index (Phi) is 6.24. The molecule has 0 aromatic heterocycles. The van der Waals surface area contributed by atoms with Crippen LogP contribution in [0.5, 0.6) is 11.5 Å². The molecule has 2 aromatic carbocycles. The molecule has 0 unspecified atom stereocenters. The first-order valence-corrected chi connectivity index (χ1v) is 8.17. The summed E-state index contributed by atoms with van der Waals surface area (Å²) in [6, 6.07) is 13.6. The van der Waals surface area contributed by atoms with Crippen molar-refractivity contribution >= 4 is 5.91 Å². The molecular weight excluding hydrogens is 302 g/mol.